The second-order valence-electron chi connectivity index (χ2n) is 16.6. The summed E-state index contributed by atoms with van der Waals surface area (Å²) in [7, 11) is -5.91. The lowest BCUT2D eigenvalue weighted by atomic mass is 9.69. The van der Waals surface area contributed by atoms with E-state index in [1.807, 2.05) is 19.1 Å². The summed E-state index contributed by atoms with van der Waals surface area (Å²) in [6, 6.07) is 11.5. The number of hydrogen-bond donors (Lipinski definition) is 2. The molecule has 1 unspecified atom stereocenters. The van der Waals surface area contributed by atoms with Crippen molar-refractivity contribution in [2.45, 2.75) is 133 Å². The van der Waals surface area contributed by atoms with Crippen LogP contribution in [0.15, 0.2) is 48.6 Å². The Bertz CT molecular complexity index is 1690. The van der Waals surface area contributed by atoms with Gasteiger partial charge in [0.15, 0.2) is 0 Å². The molecule has 0 aromatic heterocycles. The molecule has 52 heavy (non-hydrogen) atoms. The van der Waals surface area contributed by atoms with Crippen LogP contribution in [0.1, 0.15) is 115 Å². The van der Waals surface area contributed by atoms with Crippen molar-refractivity contribution in [2.24, 2.45) is 17.0 Å². The Morgan fingerprint density at radius 3 is 2.40 bits per heavy atom. The summed E-state index contributed by atoms with van der Waals surface area (Å²) in [5.41, 5.74) is 4.59. The molecule has 1 saturated carbocycles. The van der Waals surface area contributed by atoms with Gasteiger partial charge in [-0.05, 0) is 121 Å². The molecule has 2 aromatic carbocycles. The average Bonchev–Trinajstić information content (AvgIpc) is 3.21. The molecule has 1 aliphatic heterocycles. The zero-order valence-electron chi connectivity index (χ0n) is 32.2. The van der Waals surface area contributed by atoms with Gasteiger partial charge in [0, 0.05) is 23.5 Å². The first-order valence-corrected chi connectivity index (χ1v) is 23.5. The smallest absolute Gasteiger partial charge is 0.335 e. The monoisotopic (exact) mass is 772 g/mol. The first kappa shape index (κ1) is 40.8. The minimum Gasteiger partial charge on any atom is -0.490 e. The van der Waals surface area contributed by atoms with Crippen LogP contribution in [0.25, 0.3) is 0 Å². The highest BCUT2D eigenvalue weighted by Gasteiger charge is 2.47. The quantitative estimate of drug-likeness (QED) is 0.137. The van der Waals surface area contributed by atoms with Gasteiger partial charge in [-0.3, -0.25) is 0 Å². The second-order valence-corrected chi connectivity index (χ2v) is 24.3. The number of rotatable bonds is 15. The van der Waals surface area contributed by atoms with Crippen LogP contribution >= 0.6 is 11.6 Å². The molecule has 288 valence electrons. The SMILES string of the molecule is CC[C@H](CC[C@H](/C=C/[C@@H]1CC[C@H]1CN1CC2(CCCc3cc(Cl)ccc32)COc2ccc(C(=O)O)cc21)O[Si](C(C)C)(C(C)C)C(C)C)S(N)(=O)=O. The zero-order chi connectivity index (χ0) is 38.0. The van der Waals surface area contributed by atoms with Crippen LogP contribution in [-0.4, -0.2) is 58.9 Å². The molecular weight excluding hydrogens is 712 g/mol. The van der Waals surface area contributed by atoms with Crippen LogP contribution in [-0.2, 0) is 26.3 Å². The third-order valence-electron chi connectivity index (χ3n) is 12.5. The first-order valence-electron chi connectivity index (χ1n) is 19.4. The van der Waals surface area contributed by atoms with Gasteiger partial charge in [0.2, 0.25) is 18.3 Å². The molecule has 5 atom stereocenters. The number of aromatic carboxylic acids is 1. The highest BCUT2D eigenvalue weighted by Crippen LogP contribution is 2.47. The van der Waals surface area contributed by atoms with E-state index in [-0.39, 0.29) is 17.1 Å². The summed E-state index contributed by atoms with van der Waals surface area (Å²) in [5, 5.41) is 15.7. The molecule has 1 spiro atoms. The van der Waals surface area contributed by atoms with Crippen molar-refractivity contribution >= 4 is 41.6 Å². The normalized spacial score (nSPS) is 23.3. The maximum atomic E-state index is 12.4. The van der Waals surface area contributed by atoms with Gasteiger partial charge in [0.1, 0.15) is 5.75 Å². The van der Waals surface area contributed by atoms with Gasteiger partial charge in [0.05, 0.1) is 29.2 Å². The van der Waals surface area contributed by atoms with E-state index in [2.05, 4.69) is 70.7 Å². The molecule has 1 fully saturated rings. The van der Waals surface area contributed by atoms with E-state index in [4.69, 9.17) is 25.9 Å². The molecule has 1 heterocycles. The molecule has 3 N–H and O–H groups in total. The van der Waals surface area contributed by atoms with Gasteiger partial charge < -0.3 is 19.2 Å². The van der Waals surface area contributed by atoms with Crippen molar-refractivity contribution in [1.29, 1.82) is 0 Å². The Balaban J connectivity index is 1.44. The second kappa shape index (κ2) is 16.6. The molecule has 5 rings (SSSR count). The Morgan fingerprint density at radius 2 is 1.81 bits per heavy atom. The summed E-state index contributed by atoms with van der Waals surface area (Å²) in [5.74, 6) is 0.451. The number of primary sulfonamides is 1. The Hall–Kier alpha value is -2.37. The van der Waals surface area contributed by atoms with Crippen LogP contribution < -0.4 is 14.8 Å². The zero-order valence-corrected chi connectivity index (χ0v) is 34.8. The van der Waals surface area contributed by atoms with Gasteiger partial charge in [-0.25, -0.2) is 18.4 Å². The van der Waals surface area contributed by atoms with Crippen molar-refractivity contribution in [1.82, 2.24) is 0 Å². The number of carboxylic acid groups (broad SMARTS) is 1. The van der Waals surface area contributed by atoms with Gasteiger partial charge in [-0.15, -0.1) is 0 Å². The number of sulfonamides is 1. The van der Waals surface area contributed by atoms with Crippen LogP contribution in [0.2, 0.25) is 21.6 Å². The standard InChI is InChI=1S/C41H61ClN2O6SSi/c1-8-36(51(43,47)48)18-17-35(50-52(27(2)3,28(4)5)29(6)7)16-13-30-11-12-33(30)24-44-25-41(21-9-10-31-22-34(42)15-19-37(31)41)26-49-39-20-14-32(40(45)46)23-38(39)44/h13-16,19-20,22-23,27-30,33,35-36H,8-12,17-18,21,24-26H2,1-7H3,(H,45,46)(H2,43,47,48)/b16-13+/t30-,33-,35-,36+,41?/m0/s1. The molecule has 3 aliphatic rings. The highest BCUT2D eigenvalue weighted by molar-refractivity contribution is 7.89. The molecular formula is C41H61ClN2O6SSi. The number of halogens is 1. The minimum absolute atomic E-state index is 0.199. The van der Waals surface area contributed by atoms with E-state index < -0.39 is 29.6 Å². The molecule has 0 radical (unpaired) electrons. The Labute approximate surface area is 318 Å². The van der Waals surface area contributed by atoms with Gasteiger partial charge in [0.25, 0.3) is 0 Å². The summed E-state index contributed by atoms with van der Waals surface area (Å²) in [6.07, 6.45) is 11.0. The van der Waals surface area contributed by atoms with Crippen LogP contribution in [0.5, 0.6) is 5.75 Å². The molecule has 2 aromatic rings. The van der Waals surface area contributed by atoms with Crippen LogP contribution in [0, 0.1) is 11.8 Å². The number of nitrogens with zero attached hydrogens (tertiary/aromatic N) is 1. The molecule has 11 heteroatoms. The van der Waals surface area contributed by atoms with Crippen molar-refractivity contribution in [3.05, 3.63) is 70.3 Å². The first-order chi connectivity index (χ1) is 24.5. The fraction of sp³-hybridized carbons (Fsp3) is 0.634. The van der Waals surface area contributed by atoms with Crippen LogP contribution in [0.3, 0.4) is 0 Å². The number of nitrogens with two attached hydrogens (primary N) is 1. The highest BCUT2D eigenvalue weighted by atomic mass is 35.5. The summed E-state index contributed by atoms with van der Waals surface area (Å²) >= 11 is 6.45. The van der Waals surface area contributed by atoms with Crippen LogP contribution in [0.4, 0.5) is 5.69 Å². The minimum atomic E-state index is -3.65. The number of fused-ring (bicyclic) bond motifs is 3. The van der Waals surface area contributed by atoms with Crippen molar-refractivity contribution in [3.8, 4) is 5.75 Å². The third kappa shape index (κ3) is 8.62. The lowest BCUT2D eigenvalue weighted by molar-refractivity contribution is 0.0697. The van der Waals surface area contributed by atoms with E-state index in [1.165, 1.54) is 11.1 Å². The number of hydrogen-bond acceptors (Lipinski definition) is 6. The summed E-state index contributed by atoms with van der Waals surface area (Å²) in [6.45, 7) is 17.6. The van der Waals surface area contributed by atoms with E-state index in [0.717, 1.165) is 61.7 Å². The Kier molecular flexibility index (Phi) is 13.0. The van der Waals surface area contributed by atoms with Crippen molar-refractivity contribution in [2.75, 3.05) is 24.6 Å². The van der Waals surface area contributed by atoms with Crippen molar-refractivity contribution < 1.29 is 27.5 Å². The topological polar surface area (TPSA) is 119 Å². The molecule has 0 saturated heterocycles. The summed E-state index contributed by atoms with van der Waals surface area (Å²) in [4.78, 5) is 14.5. The molecule has 2 aliphatic carbocycles. The van der Waals surface area contributed by atoms with Gasteiger partial charge >= 0.3 is 5.97 Å². The number of benzene rings is 2. The number of anilines is 1. The number of carbonyl (C=O) groups is 1. The molecule has 0 amide bonds. The predicted molar refractivity (Wildman–Crippen MR) is 215 cm³/mol. The third-order valence-corrected chi connectivity index (χ3v) is 20.4. The predicted octanol–water partition coefficient (Wildman–Crippen LogP) is 9.50. The number of allylic oxidation sites excluding steroid dienone is 1. The lowest BCUT2D eigenvalue weighted by Gasteiger charge is -2.45. The maximum absolute atomic E-state index is 12.4. The Morgan fingerprint density at radius 1 is 1.10 bits per heavy atom. The van der Waals surface area contributed by atoms with E-state index in [9.17, 15) is 18.3 Å². The summed E-state index contributed by atoms with van der Waals surface area (Å²) < 4.78 is 38.6. The van der Waals surface area contributed by atoms with Gasteiger partial charge in [-0.1, -0.05) is 78.3 Å². The number of ether oxygens (including phenoxy) is 1. The number of aryl methyl sites for hydroxylation is 1. The maximum Gasteiger partial charge on any atom is 0.335 e. The largest absolute Gasteiger partial charge is 0.490 e. The number of carboxylic acids is 1. The van der Waals surface area contributed by atoms with E-state index in [1.54, 1.807) is 12.1 Å². The van der Waals surface area contributed by atoms with Gasteiger partial charge in [-0.2, -0.15) is 0 Å². The fourth-order valence-electron chi connectivity index (χ4n) is 9.69. The lowest BCUT2D eigenvalue weighted by Crippen LogP contribution is -2.50. The van der Waals surface area contributed by atoms with Crippen molar-refractivity contribution in [3.63, 3.8) is 0 Å². The fourth-order valence-corrected chi connectivity index (χ4v) is 16.3. The van der Waals surface area contributed by atoms with E-state index in [0.29, 0.717) is 54.3 Å². The van der Waals surface area contributed by atoms with E-state index >= 15 is 0 Å². The molecule has 8 nitrogen and oxygen atoms in total. The average molecular weight is 774 g/mol. The molecule has 0 bridgehead atoms.